The third-order valence-corrected chi connectivity index (χ3v) is 7.30. The van der Waals surface area contributed by atoms with Crippen LogP contribution in [0.15, 0.2) is 78.9 Å². The summed E-state index contributed by atoms with van der Waals surface area (Å²) in [6, 6.07) is 23.9. The van der Waals surface area contributed by atoms with E-state index in [1.165, 1.54) is 0 Å². The van der Waals surface area contributed by atoms with E-state index < -0.39 is 48.9 Å². The summed E-state index contributed by atoms with van der Waals surface area (Å²) < 4.78 is 10.6. The summed E-state index contributed by atoms with van der Waals surface area (Å²) in [5, 5.41) is 12.4. The predicted octanol–water partition coefficient (Wildman–Crippen LogP) is 1.60. The molecule has 0 radical (unpaired) electrons. The van der Waals surface area contributed by atoms with Crippen molar-refractivity contribution in [3.8, 4) is 23.5 Å². The Morgan fingerprint density at radius 1 is 0.723 bits per heavy atom. The number of hydrogen-bond acceptors (Lipinski definition) is 7. The monoisotopic (exact) mass is 639 g/mol. The Morgan fingerprint density at radius 3 is 2.00 bits per heavy atom. The third-order valence-electron chi connectivity index (χ3n) is 7.30. The highest BCUT2D eigenvalue weighted by Crippen LogP contribution is 2.44. The summed E-state index contributed by atoms with van der Waals surface area (Å²) in [6.07, 6.45) is 4.93. The molecule has 47 heavy (non-hydrogen) atoms. The highest BCUT2D eigenvalue weighted by Gasteiger charge is 2.29. The van der Waals surface area contributed by atoms with Crippen LogP contribution >= 0.6 is 0 Å². The second kappa shape index (κ2) is 17.7. The molecular formula is C35H37N5O7. The van der Waals surface area contributed by atoms with E-state index >= 15 is 0 Å². The molecule has 3 aromatic rings. The van der Waals surface area contributed by atoms with Crippen LogP contribution < -0.4 is 26.6 Å². The van der Waals surface area contributed by atoms with Crippen LogP contribution in [0.3, 0.4) is 0 Å². The van der Waals surface area contributed by atoms with Gasteiger partial charge < -0.3 is 36.1 Å². The maximum Gasteiger partial charge on any atom is 0.407 e. The first kappa shape index (κ1) is 34.2. The smallest absolute Gasteiger partial charge is 0.407 e. The Balaban J connectivity index is 1.20. The number of fused-ring (bicyclic) bond motifs is 3. The van der Waals surface area contributed by atoms with E-state index in [-0.39, 0.29) is 38.8 Å². The zero-order chi connectivity index (χ0) is 33.4. The number of rotatable bonds is 16. The first-order chi connectivity index (χ1) is 22.9. The Kier molecular flexibility index (Phi) is 12.9. The number of benzene rings is 3. The second-order valence-corrected chi connectivity index (χ2v) is 10.6. The topological polar surface area (TPSA) is 164 Å². The van der Waals surface area contributed by atoms with Crippen molar-refractivity contribution in [2.75, 3.05) is 39.6 Å². The molecule has 0 aromatic heterocycles. The summed E-state index contributed by atoms with van der Waals surface area (Å²) in [7, 11) is 0. The molecule has 0 saturated carbocycles. The number of alkyl carbamates (subject to hydrolysis) is 1. The molecule has 1 atom stereocenters. The van der Waals surface area contributed by atoms with Gasteiger partial charge >= 0.3 is 6.09 Å². The Bertz CT molecular complexity index is 1560. The number of hydrogen-bond donors (Lipinski definition) is 5. The van der Waals surface area contributed by atoms with E-state index in [1.54, 1.807) is 24.3 Å². The summed E-state index contributed by atoms with van der Waals surface area (Å²) >= 11 is 0. The van der Waals surface area contributed by atoms with Gasteiger partial charge in [-0.1, -0.05) is 78.9 Å². The molecule has 12 nitrogen and oxygen atoms in total. The molecule has 0 saturated heterocycles. The van der Waals surface area contributed by atoms with Gasteiger partial charge in [-0.25, -0.2) is 4.79 Å². The zero-order valence-corrected chi connectivity index (χ0v) is 25.8. The molecule has 3 aromatic carbocycles. The van der Waals surface area contributed by atoms with Crippen molar-refractivity contribution in [2.45, 2.75) is 24.8 Å². The number of carbonyl (C=O) groups is 5. The molecule has 1 aliphatic rings. The molecule has 0 bridgehead atoms. The fraction of sp³-hybridized carbons (Fsp3) is 0.286. The Hall–Kier alpha value is -5.67. The molecule has 4 rings (SSSR count). The summed E-state index contributed by atoms with van der Waals surface area (Å²) in [4.78, 5) is 62.4. The first-order valence-corrected chi connectivity index (χ1v) is 15.1. The summed E-state index contributed by atoms with van der Waals surface area (Å²) in [6.45, 7) is -0.876. The van der Waals surface area contributed by atoms with Gasteiger partial charge in [-0.15, -0.1) is 12.3 Å². The fourth-order valence-electron chi connectivity index (χ4n) is 5.04. The molecular weight excluding hydrogens is 602 g/mol. The molecule has 0 unspecified atom stereocenters. The van der Waals surface area contributed by atoms with Crippen LogP contribution in [-0.4, -0.2) is 75.3 Å². The van der Waals surface area contributed by atoms with Crippen LogP contribution in [0.4, 0.5) is 4.79 Å². The summed E-state index contributed by atoms with van der Waals surface area (Å²) in [5.41, 5.74) is 5.10. The maximum atomic E-state index is 12.9. The molecule has 0 heterocycles. The van der Waals surface area contributed by atoms with Gasteiger partial charge in [0, 0.05) is 18.8 Å². The molecule has 12 heteroatoms. The lowest BCUT2D eigenvalue weighted by atomic mass is 9.98. The number of terminal acetylenes is 1. The van der Waals surface area contributed by atoms with Crippen molar-refractivity contribution < 1.29 is 33.4 Å². The van der Waals surface area contributed by atoms with Gasteiger partial charge in [0.2, 0.25) is 23.6 Å². The van der Waals surface area contributed by atoms with E-state index in [0.29, 0.717) is 6.42 Å². The average molecular weight is 640 g/mol. The van der Waals surface area contributed by atoms with Gasteiger partial charge in [0.05, 0.1) is 19.7 Å². The van der Waals surface area contributed by atoms with Gasteiger partial charge in [-0.3, -0.25) is 19.2 Å². The molecule has 5 amide bonds. The minimum Gasteiger partial charge on any atom is -0.449 e. The van der Waals surface area contributed by atoms with E-state index in [4.69, 9.17) is 15.9 Å². The van der Waals surface area contributed by atoms with E-state index in [9.17, 15) is 24.0 Å². The summed E-state index contributed by atoms with van der Waals surface area (Å²) in [5.74, 6) is -0.0499. The number of amides is 5. The van der Waals surface area contributed by atoms with Crippen LogP contribution in [-0.2, 0) is 35.1 Å². The first-order valence-electron chi connectivity index (χ1n) is 15.1. The molecule has 0 fully saturated rings. The van der Waals surface area contributed by atoms with Crippen LogP contribution in [0.1, 0.15) is 29.0 Å². The lowest BCUT2D eigenvalue weighted by Gasteiger charge is -2.19. The zero-order valence-electron chi connectivity index (χ0n) is 25.8. The quantitative estimate of drug-likeness (QED) is 0.0903. The molecule has 244 valence electrons. The van der Waals surface area contributed by atoms with Gasteiger partial charge in [0.15, 0.2) is 0 Å². The number of ether oxygens (including phenoxy) is 2. The minimum atomic E-state index is -1.03. The van der Waals surface area contributed by atoms with Crippen molar-refractivity contribution in [2.24, 2.45) is 0 Å². The highest BCUT2D eigenvalue weighted by atomic mass is 16.5. The van der Waals surface area contributed by atoms with E-state index in [0.717, 1.165) is 27.8 Å². The lowest BCUT2D eigenvalue weighted by Crippen LogP contribution is -2.52. The SMILES string of the molecule is C#CCCOCNC(=O)CNC(=O)[C@H](Cc1ccccc1)NC(=O)CNC(=O)CNC(=O)OCC1c2ccccc2-c2ccccc21. The van der Waals surface area contributed by atoms with Gasteiger partial charge in [-0.05, 0) is 27.8 Å². The predicted molar refractivity (Wildman–Crippen MR) is 174 cm³/mol. The van der Waals surface area contributed by atoms with Gasteiger partial charge in [0.25, 0.3) is 0 Å². The van der Waals surface area contributed by atoms with Crippen molar-refractivity contribution in [3.63, 3.8) is 0 Å². The van der Waals surface area contributed by atoms with Gasteiger partial charge in [0.1, 0.15) is 25.9 Å². The second-order valence-electron chi connectivity index (χ2n) is 10.6. The maximum absolute atomic E-state index is 12.9. The number of nitrogens with one attached hydrogen (secondary N) is 5. The van der Waals surface area contributed by atoms with E-state index in [1.807, 2.05) is 54.6 Å². The Morgan fingerprint density at radius 2 is 1.32 bits per heavy atom. The van der Waals surface area contributed by atoms with Crippen LogP contribution in [0.2, 0.25) is 0 Å². The largest absolute Gasteiger partial charge is 0.449 e. The van der Waals surface area contributed by atoms with E-state index in [2.05, 4.69) is 32.5 Å². The van der Waals surface area contributed by atoms with Crippen LogP contribution in [0, 0.1) is 12.3 Å². The molecule has 5 N–H and O–H groups in total. The van der Waals surface area contributed by atoms with Crippen molar-refractivity contribution in [3.05, 3.63) is 95.6 Å². The van der Waals surface area contributed by atoms with Gasteiger partial charge in [-0.2, -0.15) is 0 Å². The minimum absolute atomic E-state index is 0.0591. The molecule has 1 aliphatic carbocycles. The highest BCUT2D eigenvalue weighted by molar-refractivity contribution is 5.92. The van der Waals surface area contributed by atoms with Crippen molar-refractivity contribution in [1.29, 1.82) is 0 Å². The fourth-order valence-corrected chi connectivity index (χ4v) is 5.04. The lowest BCUT2D eigenvalue weighted by molar-refractivity contribution is -0.131. The van der Waals surface area contributed by atoms with Crippen molar-refractivity contribution >= 4 is 29.7 Å². The normalized spacial score (nSPS) is 12.0. The van der Waals surface area contributed by atoms with Crippen LogP contribution in [0.25, 0.3) is 11.1 Å². The third kappa shape index (κ3) is 10.4. The standard InChI is InChI=1S/C35H37N5O7/c1-2-3-17-46-23-39-32(42)19-37-34(44)30(18-24-11-5-4-6-12-24)40-33(43)21-36-31(41)20-38-35(45)47-22-29-27-15-9-7-13-25(27)26-14-8-10-16-28(26)29/h1,4-16,29-30H,3,17-23H2,(H,36,41)(H,37,44)(H,38,45)(H,39,42)(H,40,43)/t30-/m0/s1. The van der Waals surface area contributed by atoms with Crippen molar-refractivity contribution in [1.82, 2.24) is 26.6 Å². The van der Waals surface area contributed by atoms with Crippen LogP contribution in [0.5, 0.6) is 0 Å². The number of carbonyl (C=O) groups excluding carboxylic acids is 5. The molecule has 0 spiro atoms. The average Bonchev–Trinajstić information content (AvgIpc) is 3.41. The Labute approximate surface area is 273 Å². The molecule has 0 aliphatic heterocycles.